The number of piperazine rings is 1. The van der Waals surface area contributed by atoms with E-state index in [2.05, 4.69) is 4.90 Å². The zero-order chi connectivity index (χ0) is 20.7. The molecule has 2 aromatic rings. The second-order valence-electron chi connectivity index (χ2n) is 7.80. The molecule has 2 aliphatic heterocycles. The summed E-state index contributed by atoms with van der Waals surface area (Å²) in [6, 6.07) is 1.42. The molecular weight excluding hydrogens is 377 g/mol. The second-order valence-corrected chi connectivity index (χ2v) is 7.80. The van der Waals surface area contributed by atoms with Gasteiger partial charge in [-0.15, -0.1) is 0 Å². The fraction of sp³-hybridized carbons (Fsp3) is 0.524. The molecule has 29 heavy (non-hydrogen) atoms. The van der Waals surface area contributed by atoms with Gasteiger partial charge < -0.3 is 23.8 Å². The van der Waals surface area contributed by atoms with Crippen LogP contribution in [0.1, 0.15) is 36.7 Å². The molecule has 0 N–H and O–H groups in total. The van der Waals surface area contributed by atoms with Crippen LogP contribution in [0.25, 0.3) is 10.9 Å². The third kappa shape index (κ3) is 3.35. The topological polar surface area (TPSA) is 64.0 Å². The van der Waals surface area contributed by atoms with Crippen molar-refractivity contribution in [3.05, 3.63) is 33.9 Å². The van der Waals surface area contributed by atoms with Crippen molar-refractivity contribution in [3.63, 3.8) is 0 Å². The molecule has 156 valence electrons. The minimum atomic E-state index is -0.645. The Kier molecular flexibility index (Phi) is 5.21. The molecule has 1 atom stereocenters. The Morgan fingerprint density at radius 3 is 2.72 bits per heavy atom. The highest BCUT2D eigenvalue weighted by Gasteiger charge is 2.30. The van der Waals surface area contributed by atoms with Gasteiger partial charge in [0.05, 0.1) is 29.2 Å². The van der Waals surface area contributed by atoms with Gasteiger partial charge in [-0.2, -0.15) is 0 Å². The van der Waals surface area contributed by atoms with E-state index in [4.69, 9.17) is 9.47 Å². The number of rotatable bonds is 4. The van der Waals surface area contributed by atoms with Crippen LogP contribution in [0.2, 0.25) is 0 Å². The molecule has 0 radical (unpaired) electrons. The summed E-state index contributed by atoms with van der Waals surface area (Å²) in [6.07, 6.45) is 2.15. The number of hydrogen-bond donors (Lipinski definition) is 0. The number of ether oxygens (including phenoxy) is 2. The van der Waals surface area contributed by atoms with Gasteiger partial charge in [0.1, 0.15) is 12.2 Å². The van der Waals surface area contributed by atoms with Gasteiger partial charge in [-0.25, -0.2) is 9.18 Å². The number of esters is 1. The molecule has 3 heterocycles. The van der Waals surface area contributed by atoms with Crippen LogP contribution in [-0.4, -0.2) is 61.9 Å². The van der Waals surface area contributed by atoms with Crippen molar-refractivity contribution in [3.8, 4) is 5.75 Å². The third-order valence-corrected chi connectivity index (χ3v) is 5.64. The Hall–Kier alpha value is -2.61. The number of carbonyl (C=O) groups excluding carboxylic acids is 1. The van der Waals surface area contributed by atoms with E-state index in [0.29, 0.717) is 30.7 Å². The number of anilines is 1. The molecule has 4 rings (SSSR count). The highest BCUT2D eigenvalue weighted by atomic mass is 19.1. The van der Waals surface area contributed by atoms with Crippen LogP contribution in [0, 0.1) is 5.82 Å². The Morgan fingerprint density at radius 1 is 1.31 bits per heavy atom. The predicted octanol–water partition coefficient (Wildman–Crippen LogP) is 2.41. The first-order chi connectivity index (χ1) is 13.9. The molecule has 1 fully saturated rings. The van der Waals surface area contributed by atoms with E-state index < -0.39 is 17.2 Å². The molecule has 8 heteroatoms. The molecular formula is C21H26FN3O4. The van der Waals surface area contributed by atoms with Gasteiger partial charge in [-0.3, -0.25) is 4.79 Å². The monoisotopic (exact) mass is 403 g/mol. The van der Waals surface area contributed by atoms with Crippen LogP contribution in [0.15, 0.2) is 17.1 Å². The second kappa shape index (κ2) is 7.67. The van der Waals surface area contributed by atoms with E-state index in [1.165, 1.54) is 6.20 Å². The first-order valence-electron chi connectivity index (χ1n) is 10.1. The molecule has 1 aromatic heterocycles. The van der Waals surface area contributed by atoms with Crippen LogP contribution < -0.4 is 15.1 Å². The summed E-state index contributed by atoms with van der Waals surface area (Å²) < 4.78 is 28.1. The van der Waals surface area contributed by atoms with Gasteiger partial charge >= 0.3 is 5.97 Å². The lowest BCUT2D eigenvalue weighted by Crippen LogP contribution is -2.45. The zero-order valence-electron chi connectivity index (χ0n) is 17.0. The van der Waals surface area contributed by atoms with E-state index in [-0.39, 0.29) is 36.0 Å². The number of likely N-dealkylation sites (N-methyl/N-ethyl adjacent to an activating group) is 1. The molecule has 0 bridgehead atoms. The van der Waals surface area contributed by atoms with Gasteiger partial charge in [0.2, 0.25) is 5.43 Å². The van der Waals surface area contributed by atoms with Gasteiger partial charge in [-0.1, -0.05) is 6.92 Å². The Labute approximate surface area is 168 Å². The maximum absolute atomic E-state index is 15.4. The van der Waals surface area contributed by atoms with Crippen molar-refractivity contribution in [1.29, 1.82) is 0 Å². The molecule has 1 saturated heterocycles. The number of halogens is 1. The summed E-state index contributed by atoms with van der Waals surface area (Å²) in [7, 11) is 2.02. The van der Waals surface area contributed by atoms with Crippen molar-refractivity contribution < 1.29 is 18.7 Å². The lowest BCUT2D eigenvalue weighted by Gasteiger charge is -2.35. The smallest absolute Gasteiger partial charge is 0.343 e. The van der Waals surface area contributed by atoms with Gasteiger partial charge in [0.25, 0.3) is 0 Å². The number of nitrogens with zero attached hydrogens (tertiary/aromatic N) is 3. The molecule has 0 saturated carbocycles. The predicted molar refractivity (Wildman–Crippen MR) is 109 cm³/mol. The largest absolute Gasteiger partial charge is 0.486 e. The average molecular weight is 403 g/mol. The minimum Gasteiger partial charge on any atom is -0.486 e. The molecule has 2 aliphatic rings. The number of aromatic nitrogens is 1. The van der Waals surface area contributed by atoms with E-state index in [1.54, 1.807) is 10.6 Å². The lowest BCUT2D eigenvalue weighted by atomic mass is 10.1. The van der Waals surface area contributed by atoms with Gasteiger partial charge in [-0.05, 0) is 26.5 Å². The van der Waals surface area contributed by atoms with Crippen molar-refractivity contribution in [2.24, 2.45) is 0 Å². The molecule has 1 aromatic carbocycles. The number of pyridine rings is 1. The Morgan fingerprint density at radius 2 is 2.03 bits per heavy atom. The lowest BCUT2D eigenvalue weighted by molar-refractivity contribution is 0.0502. The summed E-state index contributed by atoms with van der Waals surface area (Å²) >= 11 is 0. The summed E-state index contributed by atoms with van der Waals surface area (Å²) in [5.74, 6) is -1.02. The van der Waals surface area contributed by atoms with E-state index in [0.717, 1.165) is 13.1 Å². The molecule has 0 aliphatic carbocycles. The fourth-order valence-corrected chi connectivity index (χ4v) is 3.91. The minimum absolute atomic E-state index is 0.0263. The van der Waals surface area contributed by atoms with Gasteiger partial charge in [0, 0.05) is 32.4 Å². The van der Waals surface area contributed by atoms with Crippen molar-refractivity contribution in [2.75, 3.05) is 51.3 Å². The van der Waals surface area contributed by atoms with E-state index >= 15 is 4.39 Å². The Balaban J connectivity index is 1.91. The van der Waals surface area contributed by atoms with Crippen LogP contribution in [-0.2, 0) is 4.74 Å². The SMILES string of the molecule is CCCOC(=O)c1cn2c3c(c(F)c(N4CCN(C)CC4)cc3c1=O)OC[C@@H]2C. The summed E-state index contributed by atoms with van der Waals surface area (Å²) in [5.41, 5.74) is 0.266. The van der Waals surface area contributed by atoms with Crippen molar-refractivity contribution >= 4 is 22.6 Å². The van der Waals surface area contributed by atoms with Crippen molar-refractivity contribution in [1.82, 2.24) is 9.47 Å². The normalized spacial score (nSPS) is 19.3. The van der Waals surface area contributed by atoms with Gasteiger partial charge in [0.15, 0.2) is 11.6 Å². The quantitative estimate of drug-likeness (QED) is 0.731. The standard InChI is InChI=1S/C21H26FN3O4/c1-4-9-28-21(27)15-11-25-13(2)12-29-20-17(22)16(10-14(18(20)25)19(15)26)24-7-5-23(3)6-8-24/h10-11,13H,4-9,12H2,1-3H3/t13-/m0/s1. The Bertz CT molecular complexity index is 1010. The maximum Gasteiger partial charge on any atom is 0.343 e. The number of carbonyl (C=O) groups is 1. The summed E-state index contributed by atoms with van der Waals surface area (Å²) in [6.45, 7) is 7.22. The summed E-state index contributed by atoms with van der Waals surface area (Å²) in [4.78, 5) is 29.7. The van der Waals surface area contributed by atoms with Crippen LogP contribution in [0.5, 0.6) is 5.75 Å². The van der Waals surface area contributed by atoms with Crippen LogP contribution in [0.3, 0.4) is 0 Å². The zero-order valence-corrected chi connectivity index (χ0v) is 17.0. The first-order valence-corrected chi connectivity index (χ1v) is 10.1. The fourth-order valence-electron chi connectivity index (χ4n) is 3.91. The highest BCUT2D eigenvalue weighted by molar-refractivity contribution is 5.97. The first kappa shape index (κ1) is 19.7. The maximum atomic E-state index is 15.4. The van der Waals surface area contributed by atoms with E-state index in [1.807, 2.05) is 25.8 Å². The molecule has 0 spiro atoms. The van der Waals surface area contributed by atoms with Crippen LogP contribution in [0.4, 0.5) is 10.1 Å². The molecule has 0 amide bonds. The van der Waals surface area contributed by atoms with Crippen molar-refractivity contribution in [2.45, 2.75) is 26.3 Å². The molecule has 0 unspecified atom stereocenters. The highest BCUT2D eigenvalue weighted by Crippen LogP contribution is 2.39. The van der Waals surface area contributed by atoms with E-state index in [9.17, 15) is 9.59 Å². The van der Waals surface area contributed by atoms with Crippen LogP contribution >= 0.6 is 0 Å². The number of benzene rings is 1. The summed E-state index contributed by atoms with van der Waals surface area (Å²) in [5, 5.41) is 0.285. The third-order valence-electron chi connectivity index (χ3n) is 5.64. The number of hydrogen-bond acceptors (Lipinski definition) is 6. The average Bonchev–Trinajstić information content (AvgIpc) is 2.71. The molecule has 7 nitrogen and oxygen atoms in total.